The predicted molar refractivity (Wildman–Crippen MR) is 120 cm³/mol. The van der Waals surface area contributed by atoms with Crippen LogP contribution in [-0.4, -0.2) is 32.4 Å². The summed E-state index contributed by atoms with van der Waals surface area (Å²) in [6.07, 6.45) is -4.96. The van der Waals surface area contributed by atoms with Gasteiger partial charge in [0, 0.05) is 11.8 Å². The molecule has 3 aromatic rings. The summed E-state index contributed by atoms with van der Waals surface area (Å²) in [7, 11) is -4.39. The van der Waals surface area contributed by atoms with E-state index in [0.29, 0.717) is 5.56 Å². The molecule has 0 radical (unpaired) electrons. The molecule has 0 aromatic heterocycles. The summed E-state index contributed by atoms with van der Waals surface area (Å²) in [5.41, 5.74) is 0.133. The van der Waals surface area contributed by atoms with Crippen LogP contribution in [-0.2, 0) is 14.8 Å². The Balaban J connectivity index is 1.82. The van der Waals surface area contributed by atoms with E-state index in [1.54, 1.807) is 36.4 Å². The van der Waals surface area contributed by atoms with Crippen molar-refractivity contribution in [3.05, 3.63) is 83.9 Å². The van der Waals surface area contributed by atoms with E-state index >= 15 is 0 Å². The van der Waals surface area contributed by atoms with Crippen molar-refractivity contribution < 1.29 is 36.2 Å². The summed E-state index contributed by atoms with van der Waals surface area (Å²) < 4.78 is 68.8. The minimum Gasteiger partial charge on any atom is -0.406 e. The molecule has 0 saturated carbocycles. The number of nitrogens with zero attached hydrogens (tertiary/aromatic N) is 1. The van der Waals surface area contributed by atoms with E-state index in [0.717, 1.165) is 30.3 Å². The van der Waals surface area contributed by atoms with Crippen LogP contribution in [0.1, 0.15) is 17.0 Å². The number of amides is 1. The third-order valence-electron chi connectivity index (χ3n) is 4.68. The summed E-state index contributed by atoms with van der Waals surface area (Å²) in [5, 5.41) is 21.6. The molecule has 3 aromatic carbocycles. The first-order valence-electron chi connectivity index (χ1n) is 9.92. The molecule has 1 atom stereocenters. The van der Waals surface area contributed by atoms with E-state index in [1.165, 1.54) is 12.1 Å². The van der Waals surface area contributed by atoms with Crippen molar-refractivity contribution in [1.82, 2.24) is 0 Å². The smallest absolute Gasteiger partial charge is 0.406 e. The molecule has 0 aliphatic carbocycles. The van der Waals surface area contributed by atoms with E-state index in [9.17, 15) is 36.8 Å². The molecule has 0 fully saturated rings. The number of hydrogen-bond acceptors (Lipinski definition) is 6. The Hall–Kier alpha value is -4.08. The van der Waals surface area contributed by atoms with Crippen LogP contribution in [0.25, 0.3) is 0 Å². The fourth-order valence-electron chi connectivity index (χ4n) is 3.15. The molecule has 12 heteroatoms. The SMILES string of the molecule is N#Cc1cc(NC(=O)C(CO)c2ccccc2)ccc1S(=O)(=O)Nc1cccc(OC(F)(F)F)c1. The van der Waals surface area contributed by atoms with Crippen LogP contribution in [0.5, 0.6) is 5.75 Å². The summed E-state index contributed by atoms with van der Waals surface area (Å²) in [4.78, 5) is 12.2. The van der Waals surface area contributed by atoms with Crippen molar-refractivity contribution in [3.63, 3.8) is 0 Å². The van der Waals surface area contributed by atoms with Gasteiger partial charge in [0.25, 0.3) is 10.0 Å². The number of aliphatic hydroxyl groups excluding tert-OH is 1. The van der Waals surface area contributed by atoms with Gasteiger partial charge in [0.15, 0.2) is 0 Å². The molecule has 0 bridgehead atoms. The fourth-order valence-corrected chi connectivity index (χ4v) is 4.34. The third-order valence-corrected chi connectivity index (χ3v) is 6.12. The van der Waals surface area contributed by atoms with Gasteiger partial charge >= 0.3 is 6.36 Å². The average Bonchev–Trinajstić information content (AvgIpc) is 2.79. The van der Waals surface area contributed by atoms with Gasteiger partial charge in [-0.2, -0.15) is 5.26 Å². The number of alkyl halides is 3. The summed E-state index contributed by atoms with van der Waals surface area (Å²) in [6.45, 7) is -0.478. The first kappa shape index (κ1) is 25.5. The Morgan fingerprint density at radius 1 is 1.03 bits per heavy atom. The first-order chi connectivity index (χ1) is 16.5. The molecule has 3 N–H and O–H groups in total. The highest BCUT2D eigenvalue weighted by Gasteiger charge is 2.31. The highest BCUT2D eigenvalue weighted by atomic mass is 32.2. The van der Waals surface area contributed by atoms with Crippen LogP contribution in [0.3, 0.4) is 0 Å². The van der Waals surface area contributed by atoms with Crippen LogP contribution < -0.4 is 14.8 Å². The van der Waals surface area contributed by atoms with Gasteiger partial charge in [0.2, 0.25) is 5.91 Å². The second-order valence-electron chi connectivity index (χ2n) is 7.14. The molecule has 182 valence electrons. The first-order valence-corrected chi connectivity index (χ1v) is 11.4. The number of rotatable bonds is 8. The highest BCUT2D eigenvalue weighted by molar-refractivity contribution is 7.92. The zero-order valence-corrected chi connectivity index (χ0v) is 18.6. The zero-order valence-electron chi connectivity index (χ0n) is 17.8. The summed E-state index contributed by atoms with van der Waals surface area (Å²) in [5.74, 6) is -2.09. The molecule has 8 nitrogen and oxygen atoms in total. The quantitative estimate of drug-likeness (QED) is 0.425. The number of halogens is 3. The van der Waals surface area contributed by atoms with Gasteiger partial charge in [-0.1, -0.05) is 36.4 Å². The van der Waals surface area contributed by atoms with Crippen molar-refractivity contribution >= 4 is 27.3 Å². The molecule has 0 aliphatic rings. The van der Waals surface area contributed by atoms with Gasteiger partial charge in [-0.3, -0.25) is 9.52 Å². The highest BCUT2D eigenvalue weighted by Crippen LogP contribution is 2.28. The fraction of sp³-hybridized carbons (Fsp3) is 0.130. The normalized spacial score (nSPS) is 12.3. The number of hydrogen-bond donors (Lipinski definition) is 3. The molecule has 0 heterocycles. The Bertz CT molecular complexity index is 1360. The molecule has 0 spiro atoms. The van der Waals surface area contributed by atoms with E-state index in [1.807, 2.05) is 0 Å². The van der Waals surface area contributed by atoms with Crippen molar-refractivity contribution in [1.29, 1.82) is 5.26 Å². The Morgan fingerprint density at radius 2 is 1.74 bits per heavy atom. The molecule has 3 rings (SSSR count). The van der Waals surface area contributed by atoms with Crippen molar-refractivity contribution in [2.24, 2.45) is 0 Å². The van der Waals surface area contributed by atoms with Crippen molar-refractivity contribution in [3.8, 4) is 11.8 Å². The predicted octanol–water partition coefficient (Wildman–Crippen LogP) is 3.97. The van der Waals surface area contributed by atoms with Gasteiger partial charge in [0.1, 0.15) is 16.7 Å². The van der Waals surface area contributed by atoms with E-state index in [2.05, 4.69) is 14.8 Å². The molecule has 0 saturated heterocycles. The largest absolute Gasteiger partial charge is 0.573 e. The number of ether oxygens (including phenoxy) is 1. The Morgan fingerprint density at radius 3 is 2.37 bits per heavy atom. The van der Waals surface area contributed by atoms with E-state index in [-0.39, 0.29) is 16.9 Å². The maximum Gasteiger partial charge on any atom is 0.573 e. The lowest BCUT2D eigenvalue weighted by Crippen LogP contribution is -2.24. The number of carbonyl (C=O) groups is 1. The standard InChI is InChI=1S/C23H18F3N3O5S/c24-23(25,26)34-19-8-4-7-18(12-19)29-35(32,33)21-10-9-17(11-16(21)13-27)28-22(31)20(14-30)15-5-2-1-3-6-15/h1-12,20,29-30H,14H2,(H,28,31). The molecule has 35 heavy (non-hydrogen) atoms. The van der Waals surface area contributed by atoms with Crippen LogP contribution in [0.4, 0.5) is 24.5 Å². The lowest BCUT2D eigenvalue weighted by atomic mass is 9.99. The minimum absolute atomic E-state index is 0.112. The Kier molecular flexibility index (Phi) is 7.63. The molecular weight excluding hydrogens is 487 g/mol. The van der Waals surface area contributed by atoms with E-state index in [4.69, 9.17) is 0 Å². The summed E-state index contributed by atoms with van der Waals surface area (Å²) in [6, 6.07) is 17.9. The van der Waals surface area contributed by atoms with Gasteiger partial charge < -0.3 is 15.2 Å². The van der Waals surface area contributed by atoms with Crippen LogP contribution in [0.2, 0.25) is 0 Å². The number of aliphatic hydroxyl groups is 1. The molecule has 1 amide bonds. The van der Waals surface area contributed by atoms with Crippen molar-refractivity contribution in [2.45, 2.75) is 17.2 Å². The monoisotopic (exact) mass is 505 g/mol. The molecule has 0 aliphatic heterocycles. The second kappa shape index (κ2) is 10.5. The van der Waals surface area contributed by atoms with Crippen LogP contribution >= 0.6 is 0 Å². The van der Waals surface area contributed by atoms with E-state index < -0.39 is 45.5 Å². The average molecular weight is 505 g/mol. The number of benzene rings is 3. The van der Waals surface area contributed by atoms with Crippen LogP contribution in [0, 0.1) is 11.3 Å². The number of nitriles is 1. The third kappa shape index (κ3) is 6.72. The van der Waals surface area contributed by atoms with Crippen molar-refractivity contribution in [2.75, 3.05) is 16.6 Å². The number of nitrogens with one attached hydrogen (secondary N) is 2. The molecular formula is C23H18F3N3O5S. The maximum atomic E-state index is 12.8. The lowest BCUT2D eigenvalue weighted by molar-refractivity contribution is -0.274. The lowest BCUT2D eigenvalue weighted by Gasteiger charge is -2.16. The summed E-state index contributed by atoms with van der Waals surface area (Å²) >= 11 is 0. The number of anilines is 2. The van der Waals surface area contributed by atoms with Gasteiger partial charge in [0.05, 0.1) is 23.8 Å². The van der Waals surface area contributed by atoms with Gasteiger partial charge in [-0.05, 0) is 35.9 Å². The van der Waals surface area contributed by atoms with Crippen LogP contribution in [0.15, 0.2) is 77.7 Å². The second-order valence-corrected chi connectivity index (χ2v) is 8.79. The molecule has 1 unspecified atom stereocenters. The maximum absolute atomic E-state index is 12.8. The number of carbonyl (C=O) groups excluding carboxylic acids is 1. The number of sulfonamides is 1. The van der Waals surface area contributed by atoms with Gasteiger partial charge in [-0.25, -0.2) is 8.42 Å². The zero-order chi connectivity index (χ0) is 25.6. The topological polar surface area (TPSA) is 129 Å². The van der Waals surface area contributed by atoms with Gasteiger partial charge in [-0.15, -0.1) is 13.2 Å². The Labute approximate surface area is 198 Å². The minimum atomic E-state index is -4.96.